The average Bonchev–Trinajstić information content (AvgIpc) is 2.63. The number of phenolic OH excluding ortho intramolecular Hbond substituents is 1. The SMILES string of the molecule is CCN(CC)c1ccc(/C=N\NC(=O)CCc2ccccc2)c(O)c1. The molecule has 0 radical (unpaired) electrons. The average molecular weight is 339 g/mol. The molecule has 0 aliphatic rings. The minimum atomic E-state index is -0.153. The first-order chi connectivity index (χ1) is 12.1. The monoisotopic (exact) mass is 339 g/mol. The molecule has 0 heterocycles. The predicted octanol–water partition coefficient (Wildman–Crippen LogP) is 3.32. The Morgan fingerprint density at radius 1 is 1.16 bits per heavy atom. The molecule has 132 valence electrons. The number of nitrogens with one attached hydrogen (secondary N) is 1. The number of hydrogen-bond donors (Lipinski definition) is 2. The maximum absolute atomic E-state index is 11.8. The van der Waals surface area contributed by atoms with E-state index in [0.717, 1.165) is 24.3 Å². The molecule has 5 heteroatoms. The second kappa shape index (κ2) is 9.47. The number of aromatic hydroxyl groups is 1. The van der Waals surface area contributed by atoms with Gasteiger partial charge in [0.2, 0.25) is 5.91 Å². The van der Waals surface area contributed by atoms with Gasteiger partial charge in [-0.3, -0.25) is 4.79 Å². The van der Waals surface area contributed by atoms with Gasteiger partial charge in [-0.25, -0.2) is 5.43 Å². The van der Waals surface area contributed by atoms with Crippen molar-refractivity contribution in [2.75, 3.05) is 18.0 Å². The van der Waals surface area contributed by atoms with Gasteiger partial charge < -0.3 is 10.0 Å². The third-order valence-corrected chi connectivity index (χ3v) is 4.02. The van der Waals surface area contributed by atoms with Crippen molar-refractivity contribution in [1.29, 1.82) is 0 Å². The van der Waals surface area contributed by atoms with Gasteiger partial charge in [0, 0.05) is 36.8 Å². The number of carbonyl (C=O) groups is 1. The van der Waals surface area contributed by atoms with E-state index < -0.39 is 0 Å². The highest BCUT2D eigenvalue weighted by Gasteiger charge is 2.06. The van der Waals surface area contributed by atoms with Crippen LogP contribution >= 0.6 is 0 Å². The number of amides is 1. The van der Waals surface area contributed by atoms with E-state index in [4.69, 9.17) is 0 Å². The quantitative estimate of drug-likeness (QED) is 0.573. The number of aryl methyl sites for hydroxylation is 1. The summed E-state index contributed by atoms with van der Waals surface area (Å²) in [7, 11) is 0. The maximum Gasteiger partial charge on any atom is 0.240 e. The molecule has 0 aliphatic carbocycles. The molecule has 0 bridgehead atoms. The fraction of sp³-hybridized carbons (Fsp3) is 0.300. The Kier molecular flexibility index (Phi) is 7.01. The van der Waals surface area contributed by atoms with Crippen molar-refractivity contribution in [3.8, 4) is 5.75 Å². The van der Waals surface area contributed by atoms with E-state index in [-0.39, 0.29) is 11.7 Å². The van der Waals surface area contributed by atoms with Gasteiger partial charge in [-0.2, -0.15) is 5.10 Å². The van der Waals surface area contributed by atoms with Crippen molar-refractivity contribution >= 4 is 17.8 Å². The molecule has 2 aromatic rings. The predicted molar refractivity (Wildman–Crippen MR) is 102 cm³/mol. The zero-order valence-corrected chi connectivity index (χ0v) is 14.8. The summed E-state index contributed by atoms with van der Waals surface area (Å²) < 4.78 is 0. The Morgan fingerprint density at radius 2 is 1.88 bits per heavy atom. The first-order valence-electron chi connectivity index (χ1n) is 8.57. The van der Waals surface area contributed by atoms with Gasteiger partial charge in [0.25, 0.3) is 0 Å². The lowest BCUT2D eigenvalue weighted by Gasteiger charge is -2.21. The van der Waals surface area contributed by atoms with Crippen LogP contribution in [0.4, 0.5) is 5.69 Å². The fourth-order valence-corrected chi connectivity index (χ4v) is 2.56. The summed E-state index contributed by atoms with van der Waals surface area (Å²) in [6.45, 7) is 5.89. The molecule has 0 saturated carbocycles. The van der Waals surface area contributed by atoms with Gasteiger partial charge in [0.05, 0.1) is 6.21 Å². The van der Waals surface area contributed by atoms with Crippen molar-refractivity contribution in [2.45, 2.75) is 26.7 Å². The van der Waals surface area contributed by atoms with Gasteiger partial charge >= 0.3 is 0 Å². The number of rotatable bonds is 8. The van der Waals surface area contributed by atoms with Gasteiger partial charge in [-0.1, -0.05) is 30.3 Å². The summed E-state index contributed by atoms with van der Waals surface area (Å²) in [4.78, 5) is 14.0. The molecule has 0 atom stereocenters. The summed E-state index contributed by atoms with van der Waals surface area (Å²) >= 11 is 0. The molecule has 2 aromatic carbocycles. The Labute approximate surface area is 149 Å². The van der Waals surface area contributed by atoms with Crippen LogP contribution in [0.2, 0.25) is 0 Å². The fourth-order valence-electron chi connectivity index (χ4n) is 2.56. The van der Waals surface area contributed by atoms with Crippen LogP contribution in [0.1, 0.15) is 31.4 Å². The van der Waals surface area contributed by atoms with Gasteiger partial charge in [0.1, 0.15) is 5.75 Å². The molecule has 0 aromatic heterocycles. The number of anilines is 1. The number of hydrazone groups is 1. The minimum Gasteiger partial charge on any atom is -0.507 e. The van der Waals surface area contributed by atoms with E-state index >= 15 is 0 Å². The maximum atomic E-state index is 11.8. The molecule has 0 unspecified atom stereocenters. The molecule has 0 aliphatic heterocycles. The molecule has 25 heavy (non-hydrogen) atoms. The third-order valence-electron chi connectivity index (χ3n) is 4.02. The highest BCUT2D eigenvalue weighted by atomic mass is 16.3. The summed E-state index contributed by atoms with van der Waals surface area (Å²) in [5, 5.41) is 14.0. The van der Waals surface area contributed by atoms with E-state index in [1.807, 2.05) is 36.4 Å². The van der Waals surface area contributed by atoms with Crippen LogP contribution in [0.15, 0.2) is 53.6 Å². The lowest BCUT2D eigenvalue weighted by Crippen LogP contribution is -2.21. The van der Waals surface area contributed by atoms with Gasteiger partial charge in [0.15, 0.2) is 0 Å². The normalized spacial score (nSPS) is 10.8. The Balaban J connectivity index is 1.87. The molecule has 0 saturated heterocycles. The molecular formula is C20H25N3O2. The van der Waals surface area contributed by atoms with Crippen molar-refractivity contribution in [2.24, 2.45) is 5.10 Å². The molecule has 0 spiro atoms. The van der Waals surface area contributed by atoms with Gasteiger partial charge in [-0.05, 0) is 38.0 Å². The molecule has 5 nitrogen and oxygen atoms in total. The molecule has 0 fully saturated rings. The van der Waals surface area contributed by atoms with E-state index in [2.05, 4.69) is 29.3 Å². The van der Waals surface area contributed by atoms with Crippen LogP contribution in [-0.2, 0) is 11.2 Å². The number of hydrogen-bond acceptors (Lipinski definition) is 4. The second-order valence-electron chi connectivity index (χ2n) is 5.69. The molecule has 1 amide bonds. The zero-order chi connectivity index (χ0) is 18.1. The van der Waals surface area contributed by atoms with E-state index in [0.29, 0.717) is 18.4 Å². The lowest BCUT2D eigenvalue weighted by molar-refractivity contribution is -0.121. The zero-order valence-electron chi connectivity index (χ0n) is 14.8. The highest BCUT2D eigenvalue weighted by Crippen LogP contribution is 2.23. The van der Waals surface area contributed by atoms with Crippen LogP contribution in [0.25, 0.3) is 0 Å². The summed E-state index contributed by atoms with van der Waals surface area (Å²) in [5.41, 5.74) is 5.15. The number of nitrogens with zero attached hydrogens (tertiary/aromatic N) is 2. The Bertz CT molecular complexity index is 710. The summed E-state index contributed by atoms with van der Waals surface area (Å²) in [6, 6.07) is 15.3. The van der Waals surface area contributed by atoms with Crippen LogP contribution in [0.3, 0.4) is 0 Å². The van der Waals surface area contributed by atoms with Crippen LogP contribution < -0.4 is 10.3 Å². The van der Waals surface area contributed by atoms with Crippen molar-refractivity contribution < 1.29 is 9.90 Å². The third kappa shape index (κ3) is 5.64. The van der Waals surface area contributed by atoms with Crippen LogP contribution in [-0.4, -0.2) is 30.3 Å². The molecule has 2 N–H and O–H groups in total. The summed E-state index contributed by atoms with van der Waals surface area (Å²) in [6.07, 6.45) is 2.50. The highest BCUT2D eigenvalue weighted by molar-refractivity contribution is 5.86. The largest absolute Gasteiger partial charge is 0.507 e. The Morgan fingerprint density at radius 3 is 2.52 bits per heavy atom. The van der Waals surface area contributed by atoms with Crippen LogP contribution in [0.5, 0.6) is 5.75 Å². The van der Waals surface area contributed by atoms with Crippen molar-refractivity contribution in [1.82, 2.24) is 5.43 Å². The van der Waals surface area contributed by atoms with E-state index in [9.17, 15) is 9.90 Å². The first kappa shape index (κ1) is 18.5. The second-order valence-corrected chi connectivity index (χ2v) is 5.69. The van der Waals surface area contributed by atoms with Gasteiger partial charge in [-0.15, -0.1) is 0 Å². The van der Waals surface area contributed by atoms with E-state index in [1.54, 1.807) is 12.1 Å². The topological polar surface area (TPSA) is 64.9 Å². The standard InChI is InChI=1S/C20H25N3O2/c1-3-23(4-2)18-12-11-17(19(24)14-18)15-21-22-20(25)13-10-16-8-6-5-7-9-16/h5-9,11-12,14-15,24H,3-4,10,13H2,1-2H3,(H,22,25)/b21-15-. The molecule has 2 rings (SSSR count). The molecular weight excluding hydrogens is 314 g/mol. The number of benzene rings is 2. The first-order valence-corrected chi connectivity index (χ1v) is 8.57. The summed E-state index contributed by atoms with van der Waals surface area (Å²) in [5.74, 6) is -0.00830. The number of carbonyl (C=O) groups excluding carboxylic acids is 1. The number of phenols is 1. The minimum absolute atomic E-state index is 0.145. The van der Waals surface area contributed by atoms with Crippen molar-refractivity contribution in [3.63, 3.8) is 0 Å². The van der Waals surface area contributed by atoms with E-state index in [1.165, 1.54) is 6.21 Å². The Hall–Kier alpha value is -2.82. The van der Waals surface area contributed by atoms with Crippen molar-refractivity contribution in [3.05, 3.63) is 59.7 Å². The van der Waals surface area contributed by atoms with Crippen LogP contribution in [0, 0.1) is 0 Å². The lowest BCUT2D eigenvalue weighted by atomic mass is 10.1. The smallest absolute Gasteiger partial charge is 0.240 e.